The second kappa shape index (κ2) is 10.00. The van der Waals surface area contributed by atoms with Gasteiger partial charge in [-0.15, -0.1) is 0 Å². The second-order valence-electron chi connectivity index (χ2n) is 7.90. The Bertz CT molecular complexity index is 1350. The number of rotatable bonds is 8. The normalized spacial score (nSPS) is 11.6. The lowest BCUT2D eigenvalue weighted by atomic mass is 9.98. The summed E-state index contributed by atoms with van der Waals surface area (Å²) < 4.78 is 24.6. The molecule has 5 rings (SSSR count). The lowest BCUT2D eigenvalue weighted by Gasteiger charge is -2.25. The largest absolute Gasteiger partial charge is 0.530 e. The number of hydrogen-bond donors (Lipinski definition) is 0. The van der Waals surface area contributed by atoms with Crippen LogP contribution < -0.4 is 18.3 Å². The lowest BCUT2D eigenvalue weighted by molar-refractivity contribution is 0.111. The fourth-order valence-electron chi connectivity index (χ4n) is 3.81. The third-order valence-electron chi connectivity index (χ3n) is 5.55. The molecule has 1 aliphatic rings. The van der Waals surface area contributed by atoms with Crippen molar-refractivity contribution in [3.63, 3.8) is 0 Å². The minimum Gasteiger partial charge on any atom is -0.453 e. The van der Waals surface area contributed by atoms with Crippen LogP contribution in [0, 0.1) is 6.92 Å². The molecule has 7 heteroatoms. The van der Waals surface area contributed by atoms with Gasteiger partial charge in [0.15, 0.2) is 24.1 Å². The molecule has 0 amide bonds. The van der Waals surface area contributed by atoms with Crippen molar-refractivity contribution in [1.29, 1.82) is 0 Å². The Labute approximate surface area is 204 Å². The van der Waals surface area contributed by atoms with Gasteiger partial charge in [-0.2, -0.15) is 0 Å². The molecule has 4 aromatic carbocycles. The Kier molecular flexibility index (Phi) is 6.47. The first-order valence-corrected chi connectivity index (χ1v) is 12.1. The highest BCUT2D eigenvalue weighted by atomic mass is 31.2. The van der Waals surface area contributed by atoms with Gasteiger partial charge in [0.05, 0.1) is 11.1 Å². The predicted octanol–water partition coefficient (Wildman–Crippen LogP) is 7.08. The van der Waals surface area contributed by atoms with Crippen LogP contribution in [-0.4, -0.2) is 12.6 Å². The highest BCUT2D eigenvalue weighted by Gasteiger charge is 2.28. The van der Waals surface area contributed by atoms with Crippen molar-refractivity contribution in [2.45, 2.75) is 13.3 Å². The van der Waals surface area contributed by atoms with Crippen LogP contribution in [0.25, 0.3) is 0 Å². The van der Waals surface area contributed by atoms with Crippen molar-refractivity contribution in [2.24, 2.45) is 0 Å². The summed E-state index contributed by atoms with van der Waals surface area (Å²) in [6, 6.07) is 25.3. The van der Waals surface area contributed by atoms with E-state index in [1.165, 1.54) is 0 Å². The highest BCUT2D eigenvalue weighted by Crippen LogP contribution is 2.50. The van der Waals surface area contributed by atoms with Crippen LogP contribution in [0.1, 0.15) is 37.4 Å². The van der Waals surface area contributed by atoms with Gasteiger partial charge in [0, 0.05) is 12.0 Å². The van der Waals surface area contributed by atoms with Crippen LogP contribution in [0.15, 0.2) is 84.9 Å². The van der Waals surface area contributed by atoms with Gasteiger partial charge in [-0.05, 0) is 48.4 Å². The number of carbonyl (C=O) groups excluding carboxylic acids is 2. The molecule has 0 saturated carbocycles. The molecule has 6 nitrogen and oxygen atoms in total. The molecule has 4 aromatic rings. The summed E-state index contributed by atoms with van der Waals surface area (Å²) in [5.74, 6) is 2.45. The highest BCUT2D eigenvalue weighted by molar-refractivity contribution is 7.43. The number of carbonyl (C=O) groups is 2. The average Bonchev–Trinajstić information content (AvgIpc) is 2.89. The molecule has 0 fully saturated rings. The van der Waals surface area contributed by atoms with Crippen LogP contribution in [0.2, 0.25) is 0 Å². The van der Waals surface area contributed by atoms with E-state index in [-0.39, 0.29) is 0 Å². The van der Waals surface area contributed by atoms with Gasteiger partial charge in [0.2, 0.25) is 0 Å². The Hall–Kier alpha value is -4.15. The van der Waals surface area contributed by atoms with E-state index in [1.807, 2.05) is 37.3 Å². The van der Waals surface area contributed by atoms with E-state index >= 15 is 0 Å². The summed E-state index contributed by atoms with van der Waals surface area (Å²) in [6.45, 7) is 2.00. The number of para-hydroxylation sites is 4. The summed E-state index contributed by atoms with van der Waals surface area (Å²) in [7, 11) is -2.12. The number of fused-ring (bicyclic) bond motifs is 2. The van der Waals surface area contributed by atoms with E-state index < -0.39 is 8.60 Å². The molecule has 0 saturated heterocycles. The fraction of sp³-hybridized carbons (Fsp3) is 0.0714. The van der Waals surface area contributed by atoms with Crippen molar-refractivity contribution >= 4 is 21.2 Å². The first kappa shape index (κ1) is 22.6. The standard InChI is InChI=1S/C28H21O6P/c1-19-8-6-11-20-16-21-12-7-15-26(28(21)31-27(19)20)34-35(32-24-13-4-2-9-22(24)17-29)33-25-14-5-3-10-23(25)18-30/h2-15,17-18H,16H2,1H3. The van der Waals surface area contributed by atoms with Crippen LogP contribution in [0.3, 0.4) is 0 Å². The van der Waals surface area contributed by atoms with Gasteiger partial charge in [-0.3, -0.25) is 9.59 Å². The third-order valence-corrected chi connectivity index (χ3v) is 6.59. The molecule has 0 aromatic heterocycles. The van der Waals surface area contributed by atoms with Gasteiger partial charge >= 0.3 is 8.60 Å². The third kappa shape index (κ3) is 4.75. The number of aryl methyl sites for hydroxylation is 1. The van der Waals surface area contributed by atoms with E-state index in [1.54, 1.807) is 54.6 Å². The minimum atomic E-state index is -2.12. The van der Waals surface area contributed by atoms with Crippen LogP contribution in [-0.2, 0) is 6.42 Å². The smallest absolute Gasteiger partial charge is 0.453 e. The van der Waals surface area contributed by atoms with Crippen molar-refractivity contribution < 1.29 is 27.9 Å². The fourth-order valence-corrected chi connectivity index (χ4v) is 4.88. The Balaban J connectivity index is 1.50. The van der Waals surface area contributed by atoms with Gasteiger partial charge in [-0.1, -0.05) is 54.6 Å². The van der Waals surface area contributed by atoms with Gasteiger partial charge < -0.3 is 18.3 Å². The van der Waals surface area contributed by atoms with E-state index in [2.05, 4.69) is 0 Å². The number of benzene rings is 4. The number of hydrogen-bond acceptors (Lipinski definition) is 6. The van der Waals surface area contributed by atoms with Crippen LogP contribution in [0.4, 0.5) is 0 Å². The summed E-state index contributed by atoms with van der Waals surface area (Å²) in [5, 5.41) is 0. The summed E-state index contributed by atoms with van der Waals surface area (Å²) in [4.78, 5) is 23.1. The molecule has 0 radical (unpaired) electrons. The van der Waals surface area contributed by atoms with E-state index in [9.17, 15) is 9.59 Å². The van der Waals surface area contributed by atoms with Crippen molar-refractivity contribution in [3.05, 3.63) is 113 Å². The minimum absolute atomic E-state index is 0.309. The van der Waals surface area contributed by atoms with Gasteiger partial charge in [-0.25, -0.2) is 0 Å². The Morgan fingerprint density at radius 2 is 1.17 bits per heavy atom. The van der Waals surface area contributed by atoms with Crippen LogP contribution >= 0.6 is 8.60 Å². The molecule has 1 heterocycles. The van der Waals surface area contributed by atoms with E-state index in [0.29, 0.717) is 53.1 Å². The maximum absolute atomic E-state index is 11.5. The average molecular weight is 484 g/mol. The molecular formula is C28H21O6P. The summed E-state index contributed by atoms with van der Waals surface area (Å²) in [5.41, 5.74) is 3.80. The SMILES string of the molecule is Cc1cccc2c1Oc1c(cccc1OP(Oc1ccccc1C=O)Oc1ccccc1C=O)C2. The Morgan fingerprint density at radius 1 is 0.657 bits per heavy atom. The van der Waals surface area contributed by atoms with Crippen molar-refractivity contribution in [1.82, 2.24) is 0 Å². The van der Waals surface area contributed by atoms with Crippen molar-refractivity contribution in [3.8, 4) is 28.7 Å². The number of ether oxygens (including phenoxy) is 1. The van der Waals surface area contributed by atoms with E-state index in [0.717, 1.165) is 22.4 Å². The maximum Gasteiger partial charge on any atom is 0.530 e. The zero-order valence-corrected chi connectivity index (χ0v) is 19.7. The first-order chi connectivity index (χ1) is 17.2. The topological polar surface area (TPSA) is 71.1 Å². The lowest BCUT2D eigenvalue weighted by Crippen LogP contribution is -2.08. The van der Waals surface area contributed by atoms with Crippen LogP contribution in [0.5, 0.6) is 28.7 Å². The second-order valence-corrected chi connectivity index (χ2v) is 8.89. The maximum atomic E-state index is 11.5. The zero-order chi connectivity index (χ0) is 24.2. The molecular weight excluding hydrogens is 463 g/mol. The molecule has 35 heavy (non-hydrogen) atoms. The first-order valence-electron chi connectivity index (χ1n) is 11.0. The predicted molar refractivity (Wildman–Crippen MR) is 133 cm³/mol. The molecule has 0 bridgehead atoms. The summed E-state index contributed by atoms with van der Waals surface area (Å²) in [6.07, 6.45) is 2.11. The molecule has 0 unspecified atom stereocenters. The molecule has 0 atom stereocenters. The van der Waals surface area contributed by atoms with Crippen molar-refractivity contribution in [2.75, 3.05) is 0 Å². The molecule has 174 valence electrons. The Morgan fingerprint density at radius 3 is 1.80 bits per heavy atom. The zero-order valence-electron chi connectivity index (χ0n) is 18.8. The molecule has 0 spiro atoms. The monoisotopic (exact) mass is 484 g/mol. The van der Waals surface area contributed by atoms with Gasteiger partial charge in [0.25, 0.3) is 0 Å². The molecule has 0 aliphatic carbocycles. The molecule has 0 N–H and O–H groups in total. The molecule has 1 aliphatic heterocycles. The number of aldehydes is 2. The van der Waals surface area contributed by atoms with Gasteiger partial charge in [0.1, 0.15) is 17.2 Å². The van der Waals surface area contributed by atoms with E-state index in [4.69, 9.17) is 18.3 Å². The quantitative estimate of drug-likeness (QED) is 0.173. The summed E-state index contributed by atoms with van der Waals surface area (Å²) >= 11 is 0.